The predicted octanol–water partition coefficient (Wildman–Crippen LogP) is 1.46. The summed E-state index contributed by atoms with van der Waals surface area (Å²) in [6.45, 7) is 1.48. The molecule has 8 nitrogen and oxygen atoms in total. The van der Waals surface area contributed by atoms with E-state index in [1.54, 1.807) is 0 Å². The Morgan fingerprint density at radius 3 is 2.96 bits per heavy atom. The van der Waals surface area contributed by atoms with Gasteiger partial charge in [0.05, 0.1) is 0 Å². The van der Waals surface area contributed by atoms with Crippen LogP contribution in [0.15, 0.2) is 33.9 Å². The van der Waals surface area contributed by atoms with Crippen molar-refractivity contribution in [2.75, 3.05) is 6.54 Å². The second-order valence-corrected chi connectivity index (χ2v) is 5.18. The Labute approximate surface area is 131 Å². The smallest absolute Gasteiger partial charge is 0.325 e. The Hall–Kier alpha value is -3.03. The number of hydrazone groups is 1. The Morgan fingerprint density at radius 2 is 2.22 bits per heavy atom. The lowest BCUT2D eigenvalue weighted by atomic mass is 10.1. The lowest BCUT2D eigenvalue weighted by Gasteiger charge is -2.20. The number of carboxylic acid groups (broad SMARTS) is 1. The molecule has 1 aromatic carbocycles. The fourth-order valence-electron chi connectivity index (χ4n) is 2.25. The van der Waals surface area contributed by atoms with Crippen LogP contribution in [0.4, 0.5) is 0 Å². The van der Waals surface area contributed by atoms with Gasteiger partial charge in [0.2, 0.25) is 11.7 Å². The third-order valence-corrected chi connectivity index (χ3v) is 3.34. The van der Waals surface area contributed by atoms with Crippen LogP contribution in [-0.2, 0) is 9.59 Å². The van der Waals surface area contributed by atoms with Crippen LogP contribution in [-0.4, -0.2) is 44.4 Å². The molecule has 0 saturated carbocycles. The van der Waals surface area contributed by atoms with E-state index in [9.17, 15) is 9.59 Å². The van der Waals surface area contributed by atoms with Crippen LogP contribution in [0.25, 0.3) is 11.4 Å². The summed E-state index contributed by atoms with van der Waals surface area (Å²) in [4.78, 5) is 26.7. The Bertz CT molecular complexity index is 796. The quantitative estimate of drug-likeness (QED) is 0.915. The molecule has 1 aliphatic rings. The van der Waals surface area contributed by atoms with Crippen molar-refractivity contribution in [1.29, 1.82) is 0 Å². The van der Waals surface area contributed by atoms with Crippen LogP contribution >= 0.6 is 0 Å². The number of nitrogens with zero attached hydrogens (tertiary/aromatic N) is 4. The molecule has 118 valence electrons. The highest BCUT2D eigenvalue weighted by Crippen LogP contribution is 2.19. The first-order valence-corrected chi connectivity index (χ1v) is 7.03. The second-order valence-electron chi connectivity index (χ2n) is 5.18. The SMILES string of the molecule is Cc1cccc(-c2noc(C3=NN(CC(=O)O)C(=O)CC3)n2)c1. The van der Waals surface area contributed by atoms with Crippen molar-refractivity contribution < 1.29 is 19.2 Å². The molecule has 8 heteroatoms. The first kappa shape index (κ1) is 14.9. The van der Waals surface area contributed by atoms with Crippen molar-refractivity contribution in [1.82, 2.24) is 15.1 Å². The largest absolute Gasteiger partial charge is 0.480 e. The number of aromatic nitrogens is 2. The van der Waals surface area contributed by atoms with Crippen LogP contribution in [0, 0.1) is 6.92 Å². The molecule has 1 aromatic heterocycles. The molecule has 0 aliphatic carbocycles. The topological polar surface area (TPSA) is 109 Å². The summed E-state index contributed by atoms with van der Waals surface area (Å²) < 4.78 is 5.21. The number of hydrogen-bond donors (Lipinski definition) is 1. The van der Waals surface area contributed by atoms with Crippen molar-refractivity contribution in [3.05, 3.63) is 35.7 Å². The molecule has 0 bridgehead atoms. The zero-order chi connectivity index (χ0) is 16.4. The molecule has 0 spiro atoms. The first-order chi connectivity index (χ1) is 11.0. The maximum atomic E-state index is 11.7. The predicted molar refractivity (Wildman–Crippen MR) is 79.6 cm³/mol. The number of rotatable bonds is 4. The maximum absolute atomic E-state index is 11.7. The Balaban J connectivity index is 1.87. The van der Waals surface area contributed by atoms with Gasteiger partial charge in [-0.1, -0.05) is 28.9 Å². The van der Waals surface area contributed by atoms with Gasteiger partial charge < -0.3 is 9.63 Å². The highest BCUT2D eigenvalue weighted by Gasteiger charge is 2.26. The summed E-state index contributed by atoms with van der Waals surface area (Å²) in [6, 6.07) is 7.65. The molecular formula is C15H14N4O4. The summed E-state index contributed by atoms with van der Waals surface area (Å²) in [7, 11) is 0. The van der Waals surface area contributed by atoms with E-state index in [4.69, 9.17) is 9.63 Å². The molecular weight excluding hydrogens is 300 g/mol. The fourth-order valence-corrected chi connectivity index (χ4v) is 2.25. The van der Waals surface area contributed by atoms with E-state index in [1.807, 2.05) is 31.2 Å². The fraction of sp³-hybridized carbons (Fsp3) is 0.267. The van der Waals surface area contributed by atoms with Gasteiger partial charge in [-0.2, -0.15) is 10.1 Å². The number of aryl methyl sites for hydroxylation is 1. The average molecular weight is 314 g/mol. The van der Waals surface area contributed by atoms with Gasteiger partial charge in [0.1, 0.15) is 12.3 Å². The van der Waals surface area contributed by atoms with Gasteiger partial charge in [-0.3, -0.25) is 9.59 Å². The molecule has 0 saturated heterocycles. The van der Waals surface area contributed by atoms with Crippen molar-refractivity contribution in [3.8, 4) is 11.4 Å². The number of carbonyl (C=O) groups excluding carboxylic acids is 1. The minimum atomic E-state index is -1.13. The normalized spacial score (nSPS) is 14.7. The van der Waals surface area contributed by atoms with E-state index in [1.165, 1.54) is 0 Å². The third kappa shape index (κ3) is 3.25. The molecule has 2 aromatic rings. The lowest BCUT2D eigenvalue weighted by molar-refractivity contribution is -0.144. The molecule has 1 amide bonds. The van der Waals surface area contributed by atoms with Crippen LogP contribution in [0.3, 0.4) is 0 Å². The van der Waals surface area contributed by atoms with E-state index < -0.39 is 12.5 Å². The zero-order valence-electron chi connectivity index (χ0n) is 12.4. The van der Waals surface area contributed by atoms with Crippen molar-refractivity contribution in [3.63, 3.8) is 0 Å². The minimum absolute atomic E-state index is 0.161. The molecule has 0 atom stereocenters. The monoisotopic (exact) mass is 314 g/mol. The highest BCUT2D eigenvalue weighted by atomic mass is 16.5. The van der Waals surface area contributed by atoms with Gasteiger partial charge in [-0.05, 0) is 13.0 Å². The molecule has 0 radical (unpaired) electrons. The van der Waals surface area contributed by atoms with Gasteiger partial charge in [-0.25, -0.2) is 5.01 Å². The summed E-state index contributed by atoms with van der Waals surface area (Å²) in [5.74, 6) is -0.846. The maximum Gasteiger partial charge on any atom is 0.325 e. The number of aliphatic carboxylic acids is 1. The van der Waals surface area contributed by atoms with Crippen molar-refractivity contribution in [2.45, 2.75) is 19.8 Å². The van der Waals surface area contributed by atoms with E-state index in [-0.39, 0.29) is 18.2 Å². The number of carboxylic acids is 1. The molecule has 1 aliphatic heterocycles. The molecule has 3 rings (SSSR count). The van der Waals surface area contributed by atoms with Gasteiger partial charge in [-0.15, -0.1) is 0 Å². The van der Waals surface area contributed by atoms with Crippen LogP contribution < -0.4 is 0 Å². The van der Waals surface area contributed by atoms with Crippen LogP contribution in [0.5, 0.6) is 0 Å². The van der Waals surface area contributed by atoms with E-state index >= 15 is 0 Å². The molecule has 23 heavy (non-hydrogen) atoms. The highest BCUT2D eigenvalue weighted by molar-refractivity contribution is 6.01. The molecule has 2 heterocycles. The lowest BCUT2D eigenvalue weighted by Crippen LogP contribution is -2.35. The Morgan fingerprint density at radius 1 is 1.39 bits per heavy atom. The summed E-state index contributed by atoms with van der Waals surface area (Å²) >= 11 is 0. The van der Waals surface area contributed by atoms with Gasteiger partial charge >= 0.3 is 5.97 Å². The summed E-state index contributed by atoms with van der Waals surface area (Å²) in [5, 5.41) is 17.7. The number of amides is 1. The molecule has 0 unspecified atom stereocenters. The van der Waals surface area contributed by atoms with Crippen molar-refractivity contribution in [2.24, 2.45) is 5.10 Å². The number of carbonyl (C=O) groups is 2. The first-order valence-electron chi connectivity index (χ1n) is 7.03. The van der Waals surface area contributed by atoms with Crippen LogP contribution in [0.2, 0.25) is 0 Å². The standard InChI is InChI=1S/C15H14N4O4/c1-9-3-2-4-10(7-9)14-16-15(23-18-14)11-5-6-12(20)19(17-11)8-13(21)22/h2-4,7H,5-6,8H2,1H3,(H,21,22). The van der Waals surface area contributed by atoms with Gasteiger partial charge in [0.25, 0.3) is 5.89 Å². The molecule has 0 fully saturated rings. The summed E-state index contributed by atoms with van der Waals surface area (Å²) in [6.07, 6.45) is 0.499. The Kier molecular flexibility index (Phi) is 3.88. The van der Waals surface area contributed by atoms with Gasteiger partial charge in [0, 0.05) is 18.4 Å². The molecule has 1 N–H and O–H groups in total. The van der Waals surface area contributed by atoms with Gasteiger partial charge in [0.15, 0.2) is 0 Å². The van der Waals surface area contributed by atoms with E-state index in [2.05, 4.69) is 15.2 Å². The zero-order valence-corrected chi connectivity index (χ0v) is 12.4. The number of hydrogen-bond acceptors (Lipinski definition) is 6. The average Bonchev–Trinajstić information content (AvgIpc) is 2.99. The van der Waals surface area contributed by atoms with E-state index in [0.29, 0.717) is 18.0 Å². The number of benzene rings is 1. The third-order valence-electron chi connectivity index (χ3n) is 3.34. The van der Waals surface area contributed by atoms with Crippen molar-refractivity contribution >= 4 is 17.6 Å². The summed E-state index contributed by atoms with van der Waals surface area (Å²) in [5.41, 5.74) is 2.30. The minimum Gasteiger partial charge on any atom is -0.480 e. The second kappa shape index (κ2) is 5.99. The van der Waals surface area contributed by atoms with Crippen LogP contribution in [0.1, 0.15) is 24.3 Å². The van der Waals surface area contributed by atoms with E-state index in [0.717, 1.165) is 16.1 Å².